The number of nitrogens with zero attached hydrogens (tertiary/aromatic N) is 3. The summed E-state index contributed by atoms with van der Waals surface area (Å²) in [6.07, 6.45) is 0.648. The van der Waals surface area contributed by atoms with Gasteiger partial charge < -0.3 is 36.0 Å². The van der Waals surface area contributed by atoms with Gasteiger partial charge in [0.15, 0.2) is 0 Å². The van der Waals surface area contributed by atoms with Crippen LogP contribution in [0.2, 0.25) is 0 Å². The van der Waals surface area contributed by atoms with Crippen LogP contribution in [0.15, 0.2) is 30.3 Å². The van der Waals surface area contributed by atoms with E-state index in [0.717, 1.165) is 5.56 Å². The van der Waals surface area contributed by atoms with Crippen LogP contribution in [0.3, 0.4) is 0 Å². The summed E-state index contributed by atoms with van der Waals surface area (Å²) in [5.41, 5.74) is 1.09. The van der Waals surface area contributed by atoms with E-state index in [1.165, 1.54) is 21.7 Å². The highest BCUT2D eigenvalue weighted by Crippen LogP contribution is 2.21. The third-order valence-electron chi connectivity index (χ3n) is 10.3. The second-order valence-electron chi connectivity index (χ2n) is 16.9. The number of likely N-dealkylation sites (N-methyl/N-ethyl adjacent to an activating group) is 4. The number of carbonyl (C=O) groups is 6. The molecule has 13 heteroatoms. The fourth-order valence-corrected chi connectivity index (χ4v) is 7.16. The summed E-state index contributed by atoms with van der Waals surface area (Å²) >= 11 is 0. The molecule has 0 heterocycles. The van der Waals surface area contributed by atoms with E-state index in [9.17, 15) is 28.8 Å². The largest absolute Gasteiger partial charge is 0.354 e. The maximum absolute atomic E-state index is 14.3. The van der Waals surface area contributed by atoms with Crippen LogP contribution >= 0.6 is 0 Å². The first-order valence-corrected chi connectivity index (χ1v) is 19.9. The van der Waals surface area contributed by atoms with E-state index in [1.807, 2.05) is 99.6 Å². The van der Waals surface area contributed by atoms with Crippen molar-refractivity contribution in [1.29, 1.82) is 0 Å². The average molecular weight is 772 g/mol. The van der Waals surface area contributed by atoms with Crippen molar-refractivity contribution in [2.45, 2.75) is 126 Å². The van der Waals surface area contributed by atoms with Crippen molar-refractivity contribution in [3.63, 3.8) is 0 Å². The Hall–Kier alpha value is -4.00. The Kier molecular flexibility index (Phi) is 20.1. The summed E-state index contributed by atoms with van der Waals surface area (Å²) in [5.74, 6) is -3.90. The second-order valence-corrected chi connectivity index (χ2v) is 16.9. The fraction of sp³-hybridized carbons (Fsp3) is 0.714. The van der Waals surface area contributed by atoms with Crippen molar-refractivity contribution in [3.05, 3.63) is 35.9 Å². The van der Waals surface area contributed by atoms with Gasteiger partial charge in [-0.05, 0) is 54.5 Å². The van der Waals surface area contributed by atoms with Crippen molar-refractivity contribution < 1.29 is 28.8 Å². The van der Waals surface area contributed by atoms with Gasteiger partial charge in [-0.25, -0.2) is 0 Å². The van der Waals surface area contributed by atoms with Gasteiger partial charge >= 0.3 is 0 Å². The lowest BCUT2D eigenvalue weighted by molar-refractivity contribution is -0.152. The Labute approximate surface area is 331 Å². The van der Waals surface area contributed by atoms with Crippen molar-refractivity contribution >= 4 is 35.4 Å². The van der Waals surface area contributed by atoms with E-state index in [1.54, 1.807) is 35.0 Å². The minimum atomic E-state index is -1.02. The molecule has 0 saturated carbocycles. The fourth-order valence-electron chi connectivity index (χ4n) is 7.16. The molecule has 13 nitrogen and oxygen atoms in total. The molecule has 4 N–H and O–H groups in total. The molecule has 0 aliphatic heterocycles. The van der Waals surface area contributed by atoms with Crippen LogP contribution in [-0.2, 0) is 35.2 Å². The quantitative estimate of drug-likeness (QED) is 0.149. The van der Waals surface area contributed by atoms with E-state index in [0.29, 0.717) is 13.0 Å². The van der Waals surface area contributed by atoms with Crippen LogP contribution in [0.1, 0.15) is 88.6 Å². The lowest BCUT2D eigenvalue weighted by Gasteiger charge is -2.39. The molecule has 312 valence electrons. The van der Waals surface area contributed by atoms with Gasteiger partial charge in [-0.2, -0.15) is 0 Å². The highest BCUT2D eigenvalue weighted by Gasteiger charge is 2.42. The minimum absolute atomic E-state index is 0.0132. The Bertz CT molecular complexity index is 1410. The average Bonchev–Trinajstić information content (AvgIpc) is 3.08. The van der Waals surface area contributed by atoms with Gasteiger partial charge in [0.05, 0.1) is 6.04 Å². The molecular weight excluding hydrogens is 699 g/mol. The third-order valence-corrected chi connectivity index (χ3v) is 10.3. The van der Waals surface area contributed by atoms with Gasteiger partial charge in [0.1, 0.15) is 30.2 Å². The summed E-state index contributed by atoms with van der Waals surface area (Å²) < 4.78 is 0. The van der Waals surface area contributed by atoms with Gasteiger partial charge in [0.25, 0.3) is 0 Å². The Morgan fingerprint density at radius 3 is 1.27 bits per heavy atom. The first-order valence-electron chi connectivity index (χ1n) is 19.9. The molecule has 0 bridgehead atoms. The summed E-state index contributed by atoms with van der Waals surface area (Å²) in [4.78, 5) is 87.3. The number of amides is 6. The highest BCUT2D eigenvalue weighted by atomic mass is 16.2. The van der Waals surface area contributed by atoms with E-state index in [-0.39, 0.29) is 53.2 Å². The van der Waals surface area contributed by atoms with Gasteiger partial charge in [-0.1, -0.05) is 113 Å². The van der Waals surface area contributed by atoms with E-state index in [2.05, 4.69) is 21.3 Å². The zero-order valence-corrected chi connectivity index (χ0v) is 36.5. The molecule has 0 unspecified atom stereocenters. The van der Waals surface area contributed by atoms with E-state index >= 15 is 0 Å². The van der Waals surface area contributed by atoms with Crippen LogP contribution in [0.5, 0.6) is 0 Å². The molecule has 0 aliphatic carbocycles. The summed E-state index contributed by atoms with van der Waals surface area (Å²) in [5, 5.41) is 11.8. The van der Waals surface area contributed by atoms with Gasteiger partial charge in [-0.15, -0.1) is 0 Å². The van der Waals surface area contributed by atoms with Crippen molar-refractivity contribution in [2.24, 2.45) is 35.5 Å². The molecule has 1 rings (SSSR count). The first kappa shape index (κ1) is 49.0. The number of carbonyl (C=O) groups excluding carboxylic acids is 6. The molecule has 6 atom stereocenters. The number of rotatable bonds is 21. The SMILES string of the molecule is CN[C@H](C(=O)N[C@H](C(=O)N(C)[C@H](C(=O)N[C@H](C(=O)N(C)[C@H](C(=O)N(C)[C@H](C(=O)NCCc1ccccc1)C(C)C)C(C)C)C(C)C)C(C)C)C(C)C)C(C)C. The number of hydrogen-bond donors (Lipinski definition) is 4. The van der Waals surface area contributed by atoms with E-state index in [4.69, 9.17) is 0 Å². The Morgan fingerprint density at radius 1 is 0.491 bits per heavy atom. The molecule has 1 aromatic carbocycles. The standard InChI is InChI=1S/C42H73N7O6/c1-24(2)31(43-13)37(50)45-32(25(3)4)40(53)47(14)35(28(9)10)39(52)46-33(26(5)6)41(54)49(16)36(29(11)12)42(55)48(15)34(27(7)8)38(51)44-23-22-30-20-18-17-19-21-30/h17-21,24-29,31-36,43H,22-23H2,1-16H3,(H,44,51)(H,45,50)(H,46,52)/t31-,32-,33-,34-,35-,36-/m0/s1. The zero-order chi connectivity index (χ0) is 42.5. The van der Waals surface area contributed by atoms with Crippen LogP contribution in [0.4, 0.5) is 0 Å². The lowest BCUT2D eigenvalue weighted by atomic mass is 9.94. The van der Waals surface area contributed by atoms with Crippen LogP contribution in [0.25, 0.3) is 0 Å². The summed E-state index contributed by atoms with van der Waals surface area (Å²) in [6, 6.07) is 4.74. The predicted octanol–water partition coefficient (Wildman–Crippen LogP) is 3.32. The topological polar surface area (TPSA) is 160 Å². The van der Waals surface area contributed by atoms with Crippen LogP contribution in [-0.4, -0.2) is 121 Å². The smallest absolute Gasteiger partial charge is 0.246 e. The molecule has 0 spiro atoms. The van der Waals surface area contributed by atoms with Gasteiger partial charge in [-0.3, -0.25) is 28.8 Å². The number of benzene rings is 1. The number of nitrogens with one attached hydrogen (secondary N) is 4. The molecule has 55 heavy (non-hydrogen) atoms. The van der Waals surface area contributed by atoms with Crippen molar-refractivity contribution in [3.8, 4) is 0 Å². The van der Waals surface area contributed by atoms with E-state index < -0.39 is 54.0 Å². The molecule has 1 aromatic rings. The zero-order valence-electron chi connectivity index (χ0n) is 36.5. The Balaban J connectivity index is 3.29. The monoisotopic (exact) mass is 772 g/mol. The molecule has 0 saturated heterocycles. The van der Waals surface area contributed by atoms with Gasteiger partial charge in [0.2, 0.25) is 35.4 Å². The second kappa shape index (κ2) is 22.5. The molecule has 0 radical (unpaired) electrons. The molecule has 0 aromatic heterocycles. The van der Waals surface area contributed by atoms with Crippen molar-refractivity contribution in [2.75, 3.05) is 34.7 Å². The highest BCUT2D eigenvalue weighted by molar-refractivity contribution is 5.97. The predicted molar refractivity (Wildman–Crippen MR) is 219 cm³/mol. The molecule has 0 aliphatic rings. The first-order chi connectivity index (χ1) is 25.5. The maximum atomic E-state index is 14.3. The minimum Gasteiger partial charge on any atom is -0.354 e. The summed E-state index contributed by atoms with van der Waals surface area (Å²) in [7, 11) is 6.37. The Morgan fingerprint density at radius 2 is 0.873 bits per heavy atom. The van der Waals surface area contributed by atoms with Crippen molar-refractivity contribution in [1.82, 2.24) is 36.0 Å². The number of hydrogen-bond acceptors (Lipinski definition) is 7. The van der Waals surface area contributed by atoms with Gasteiger partial charge in [0, 0.05) is 27.7 Å². The maximum Gasteiger partial charge on any atom is 0.246 e. The summed E-state index contributed by atoms with van der Waals surface area (Å²) in [6.45, 7) is 22.6. The third kappa shape index (κ3) is 13.6. The molecule has 0 fully saturated rings. The van der Waals surface area contributed by atoms with Crippen LogP contribution < -0.4 is 21.3 Å². The normalized spacial score (nSPS) is 15.0. The lowest BCUT2D eigenvalue weighted by Crippen LogP contribution is -2.63. The molecular formula is C42H73N7O6. The molecule has 6 amide bonds. The van der Waals surface area contributed by atoms with Crippen LogP contribution in [0, 0.1) is 35.5 Å².